The number of nitrogens with zero attached hydrogens (tertiary/aromatic N) is 1. The molecular weight excluding hydrogens is 240 g/mol. The topological polar surface area (TPSA) is 41.6 Å². The third kappa shape index (κ3) is 2.38. The summed E-state index contributed by atoms with van der Waals surface area (Å²) in [5.74, 6) is 0.112. The molecule has 2 aliphatic heterocycles. The number of nitrogens with one attached hydrogen (secondary N) is 1. The van der Waals surface area contributed by atoms with Gasteiger partial charge in [-0.3, -0.25) is 4.79 Å². The lowest BCUT2D eigenvalue weighted by molar-refractivity contribution is -0.148. The zero-order chi connectivity index (χ0) is 13.2. The number of hydrogen-bond acceptors (Lipinski definition) is 3. The van der Waals surface area contributed by atoms with Gasteiger partial charge in [0.1, 0.15) is 0 Å². The number of fused-ring (bicyclic) bond motifs is 1. The van der Waals surface area contributed by atoms with Crippen LogP contribution in [0.1, 0.15) is 24.2 Å². The molecule has 1 saturated heterocycles. The van der Waals surface area contributed by atoms with Gasteiger partial charge >= 0.3 is 0 Å². The van der Waals surface area contributed by atoms with Crippen molar-refractivity contribution in [3.8, 4) is 0 Å². The Morgan fingerprint density at radius 3 is 3.11 bits per heavy atom. The van der Waals surface area contributed by atoms with Crippen molar-refractivity contribution < 1.29 is 9.53 Å². The third-order valence-corrected chi connectivity index (χ3v) is 4.00. The molecule has 4 nitrogen and oxygen atoms in total. The lowest BCUT2D eigenvalue weighted by Gasteiger charge is -2.37. The first-order valence-electron chi connectivity index (χ1n) is 6.98. The van der Waals surface area contributed by atoms with Crippen molar-refractivity contribution in [1.29, 1.82) is 0 Å². The smallest absolute Gasteiger partial charge is 0.256 e. The average molecular weight is 260 g/mol. The summed E-state index contributed by atoms with van der Waals surface area (Å²) in [6.45, 7) is 5.21. The Kier molecular flexibility index (Phi) is 3.53. The van der Waals surface area contributed by atoms with Crippen LogP contribution in [0, 0.1) is 0 Å². The maximum Gasteiger partial charge on any atom is 0.256 e. The van der Waals surface area contributed by atoms with Crippen LogP contribution in [0.3, 0.4) is 0 Å². The average Bonchev–Trinajstić information content (AvgIpc) is 2.46. The third-order valence-electron chi connectivity index (χ3n) is 4.00. The molecule has 0 saturated carbocycles. The van der Waals surface area contributed by atoms with E-state index in [0.29, 0.717) is 6.61 Å². The van der Waals surface area contributed by atoms with Gasteiger partial charge in [0, 0.05) is 25.7 Å². The second kappa shape index (κ2) is 5.31. The number of benzene rings is 1. The summed E-state index contributed by atoms with van der Waals surface area (Å²) < 4.78 is 5.76. The fourth-order valence-electron chi connectivity index (χ4n) is 2.92. The molecular formula is C15H20N2O2. The fraction of sp³-hybridized carbons (Fsp3) is 0.533. The number of amides is 1. The lowest BCUT2D eigenvalue weighted by atomic mass is 9.96. The Bertz CT molecular complexity index is 475. The van der Waals surface area contributed by atoms with Gasteiger partial charge in [-0.2, -0.15) is 0 Å². The second-order valence-electron chi connectivity index (χ2n) is 5.28. The van der Waals surface area contributed by atoms with Crippen molar-refractivity contribution >= 4 is 5.91 Å². The molecule has 1 aromatic carbocycles. The quantitative estimate of drug-likeness (QED) is 0.823. The van der Waals surface area contributed by atoms with E-state index in [4.69, 9.17) is 4.74 Å². The zero-order valence-corrected chi connectivity index (χ0v) is 11.3. The highest BCUT2D eigenvalue weighted by Crippen LogP contribution is 2.29. The summed E-state index contributed by atoms with van der Waals surface area (Å²) in [5.41, 5.74) is 2.29. The molecule has 0 radical (unpaired) electrons. The number of piperazine rings is 1. The van der Waals surface area contributed by atoms with Crippen LogP contribution in [0.2, 0.25) is 0 Å². The van der Waals surface area contributed by atoms with Gasteiger partial charge in [0.25, 0.3) is 5.91 Å². The summed E-state index contributed by atoms with van der Waals surface area (Å²) in [6.07, 6.45) is 0.488. The largest absolute Gasteiger partial charge is 0.363 e. The molecule has 2 heterocycles. The van der Waals surface area contributed by atoms with Crippen LogP contribution < -0.4 is 5.32 Å². The number of carbonyl (C=O) groups is 1. The molecule has 1 amide bonds. The lowest BCUT2D eigenvalue weighted by Crippen LogP contribution is -2.54. The van der Waals surface area contributed by atoms with Crippen LogP contribution >= 0.6 is 0 Å². The first-order chi connectivity index (χ1) is 9.27. The highest BCUT2D eigenvalue weighted by Gasteiger charge is 2.33. The Hall–Kier alpha value is -1.39. The maximum atomic E-state index is 12.7. The number of carbonyl (C=O) groups excluding carboxylic acids is 1. The summed E-state index contributed by atoms with van der Waals surface area (Å²) in [7, 11) is 0. The van der Waals surface area contributed by atoms with E-state index in [0.717, 1.165) is 31.6 Å². The predicted octanol–water partition coefficient (Wildman–Crippen LogP) is 1.12. The summed E-state index contributed by atoms with van der Waals surface area (Å²) in [6, 6.07) is 8.36. The van der Waals surface area contributed by atoms with E-state index in [1.54, 1.807) is 0 Å². The van der Waals surface area contributed by atoms with E-state index in [2.05, 4.69) is 18.3 Å². The van der Waals surface area contributed by atoms with E-state index in [1.807, 2.05) is 23.1 Å². The minimum atomic E-state index is -0.412. The molecule has 1 aromatic rings. The maximum absolute atomic E-state index is 12.7. The first kappa shape index (κ1) is 12.6. The van der Waals surface area contributed by atoms with Crippen molar-refractivity contribution in [3.63, 3.8) is 0 Å². The van der Waals surface area contributed by atoms with Crippen molar-refractivity contribution in [2.45, 2.75) is 25.5 Å². The van der Waals surface area contributed by atoms with Crippen LogP contribution in [0.15, 0.2) is 24.3 Å². The SMILES string of the molecule is C[C@@H]1CNCCN1C(=O)C1OCCc2ccccc21. The molecule has 4 heteroatoms. The summed E-state index contributed by atoms with van der Waals surface area (Å²) in [4.78, 5) is 14.6. The summed E-state index contributed by atoms with van der Waals surface area (Å²) >= 11 is 0. The van der Waals surface area contributed by atoms with E-state index in [1.165, 1.54) is 5.56 Å². The van der Waals surface area contributed by atoms with E-state index in [-0.39, 0.29) is 11.9 Å². The van der Waals surface area contributed by atoms with Gasteiger partial charge in [-0.1, -0.05) is 24.3 Å². The van der Waals surface area contributed by atoms with Crippen LogP contribution in [-0.2, 0) is 16.0 Å². The number of rotatable bonds is 1. The van der Waals surface area contributed by atoms with E-state index >= 15 is 0 Å². The highest BCUT2D eigenvalue weighted by atomic mass is 16.5. The predicted molar refractivity (Wildman–Crippen MR) is 72.9 cm³/mol. The van der Waals surface area contributed by atoms with Crippen LogP contribution in [0.25, 0.3) is 0 Å². The molecule has 3 rings (SSSR count). The molecule has 102 valence electrons. The first-order valence-corrected chi connectivity index (χ1v) is 6.98. The van der Waals surface area contributed by atoms with Crippen molar-refractivity contribution in [1.82, 2.24) is 10.2 Å². The molecule has 0 bridgehead atoms. The fourth-order valence-corrected chi connectivity index (χ4v) is 2.92. The zero-order valence-electron chi connectivity index (χ0n) is 11.3. The van der Waals surface area contributed by atoms with Gasteiger partial charge in [-0.15, -0.1) is 0 Å². The van der Waals surface area contributed by atoms with Gasteiger partial charge in [0.15, 0.2) is 6.10 Å². The van der Waals surface area contributed by atoms with Crippen LogP contribution in [0.4, 0.5) is 0 Å². The van der Waals surface area contributed by atoms with Crippen LogP contribution in [-0.4, -0.2) is 43.1 Å². The van der Waals surface area contributed by atoms with Crippen molar-refractivity contribution in [3.05, 3.63) is 35.4 Å². The van der Waals surface area contributed by atoms with E-state index in [9.17, 15) is 4.79 Å². The van der Waals surface area contributed by atoms with Gasteiger partial charge in [0.05, 0.1) is 6.61 Å². The molecule has 0 aromatic heterocycles. The molecule has 1 unspecified atom stereocenters. The molecule has 1 fully saturated rings. The molecule has 2 aliphatic rings. The standard InChI is InChI=1S/C15H20N2O2/c1-11-10-16-7-8-17(11)15(18)14-13-5-3-2-4-12(13)6-9-19-14/h2-5,11,14,16H,6-10H2,1H3/t11-,14?/m1/s1. The van der Waals surface area contributed by atoms with Gasteiger partial charge < -0.3 is 15.0 Å². The summed E-state index contributed by atoms with van der Waals surface area (Å²) in [5, 5.41) is 3.31. The van der Waals surface area contributed by atoms with Crippen molar-refractivity contribution in [2.24, 2.45) is 0 Å². The molecule has 0 spiro atoms. The van der Waals surface area contributed by atoms with Gasteiger partial charge in [-0.05, 0) is 24.5 Å². The molecule has 1 N–H and O–H groups in total. The molecule has 2 atom stereocenters. The molecule has 0 aliphatic carbocycles. The van der Waals surface area contributed by atoms with Gasteiger partial charge in [0.2, 0.25) is 0 Å². The Balaban J connectivity index is 1.84. The van der Waals surface area contributed by atoms with Crippen LogP contribution in [0.5, 0.6) is 0 Å². The van der Waals surface area contributed by atoms with E-state index < -0.39 is 6.10 Å². The highest BCUT2D eigenvalue weighted by molar-refractivity contribution is 5.83. The Labute approximate surface area is 113 Å². The minimum Gasteiger partial charge on any atom is -0.363 e. The normalized spacial score (nSPS) is 26.9. The Morgan fingerprint density at radius 1 is 1.42 bits per heavy atom. The van der Waals surface area contributed by atoms with Gasteiger partial charge in [-0.25, -0.2) is 0 Å². The second-order valence-corrected chi connectivity index (χ2v) is 5.28. The number of hydrogen-bond donors (Lipinski definition) is 1. The molecule has 19 heavy (non-hydrogen) atoms. The monoisotopic (exact) mass is 260 g/mol. The van der Waals surface area contributed by atoms with Crippen molar-refractivity contribution in [2.75, 3.05) is 26.2 Å². The minimum absolute atomic E-state index is 0.112. The number of ether oxygens (including phenoxy) is 1. The Morgan fingerprint density at radius 2 is 2.26 bits per heavy atom.